The second-order valence-corrected chi connectivity index (χ2v) is 6.97. The molecule has 2 aromatic carbocycles. The maximum absolute atomic E-state index is 8.90. The average Bonchev–Trinajstić information content (AvgIpc) is 2.98. The summed E-state index contributed by atoms with van der Waals surface area (Å²) < 4.78 is 0. The van der Waals surface area contributed by atoms with Crippen LogP contribution in [-0.4, -0.2) is 22.4 Å². The van der Waals surface area contributed by atoms with Crippen molar-refractivity contribution in [3.8, 4) is 6.07 Å². The first-order valence-electron chi connectivity index (χ1n) is 7.06. The van der Waals surface area contributed by atoms with E-state index in [1.165, 1.54) is 5.56 Å². The van der Waals surface area contributed by atoms with Gasteiger partial charge in [-0.1, -0.05) is 47.1 Å². The number of thioether (sulfide) groups is 1. The highest BCUT2D eigenvalue weighted by atomic mass is 35.5. The highest BCUT2D eigenvalue weighted by Gasteiger charge is 2.20. The van der Waals surface area contributed by atoms with Crippen molar-refractivity contribution in [2.75, 3.05) is 12.3 Å². The zero-order valence-corrected chi connectivity index (χ0v) is 14.5. The van der Waals surface area contributed by atoms with Crippen LogP contribution in [0, 0.1) is 11.3 Å². The molecular formula is C17H13Cl2N3S. The molecule has 0 atom stereocenters. The van der Waals surface area contributed by atoms with E-state index in [-0.39, 0.29) is 0 Å². The van der Waals surface area contributed by atoms with Crippen molar-refractivity contribution >= 4 is 45.8 Å². The third-order valence-electron chi connectivity index (χ3n) is 3.44. The van der Waals surface area contributed by atoms with Crippen molar-refractivity contribution in [3.63, 3.8) is 0 Å². The van der Waals surface area contributed by atoms with E-state index in [1.807, 2.05) is 24.3 Å². The number of benzene rings is 2. The van der Waals surface area contributed by atoms with Crippen molar-refractivity contribution in [1.29, 1.82) is 5.26 Å². The predicted octanol–water partition coefficient (Wildman–Crippen LogP) is 5.10. The van der Waals surface area contributed by atoms with Gasteiger partial charge in [-0.2, -0.15) is 5.26 Å². The molecule has 0 N–H and O–H groups in total. The first-order chi connectivity index (χ1) is 11.2. The van der Waals surface area contributed by atoms with Gasteiger partial charge < -0.3 is 4.90 Å². The summed E-state index contributed by atoms with van der Waals surface area (Å²) in [6, 6.07) is 15.1. The van der Waals surface area contributed by atoms with Crippen LogP contribution in [0.5, 0.6) is 0 Å². The number of rotatable bonds is 3. The van der Waals surface area contributed by atoms with E-state index in [0.717, 1.165) is 29.0 Å². The third-order valence-corrected chi connectivity index (χ3v) is 4.99. The van der Waals surface area contributed by atoms with Gasteiger partial charge >= 0.3 is 0 Å². The summed E-state index contributed by atoms with van der Waals surface area (Å²) in [6.45, 7) is 1.73. The molecule has 0 aromatic heterocycles. The maximum atomic E-state index is 8.90. The molecule has 3 nitrogen and oxygen atoms in total. The Kier molecular flexibility index (Phi) is 5.12. The number of halogens is 2. The molecule has 116 valence electrons. The SMILES string of the molecule is N#Cc1ccc(/N=C2\SCCN2Cc2ccc(Cl)cc2)c(Cl)c1. The van der Waals surface area contributed by atoms with Gasteiger partial charge in [0.2, 0.25) is 0 Å². The van der Waals surface area contributed by atoms with E-state index >= 15 is 0 Å². The topological polar surface area (TPSA) is 39.4 Å². The molecule has 0 bridgehead atoms. The van der Waals surface area contributed by atoms with Gasteiger partial charge in [0, 0.05) is 23.9 Å². The molecule has 23 heavy (non-hydrogen) atoms. The fraction of sp³-hybridized carbons (Fsp3) is 0.176. The van der Waals surface area contributed by atoms with Crippen molar-refractivity contribution in [2.45, 2.75) is 6.54 Å². The van der Waals surface area contributed by atoms with Crippen LogP contribution in [0.25, 0.3) is 0 Å². The van der Waals surface area contributed by atoms with Gasteiger partial charge in [0.15, 0.2) is 5.17 Å². The zero-order chi connectivity index (χ0) is 16.2. The summed E-state index contributed by atoms with van der Waals surface area (Å²) in [5.74, 6) is 1.00. The van der Waals surface area contributed by atoms with Crippen LogP contribution in [0.3, 0.4) is 0 Å². The Morgan fingerprint density at radius 3 is 2.65 bits per heavy atom. The molecule has 0 amide bonds. The molecule has 1 aliphatic heterocycles. The van der Waals surface area contributed by atoms with E-state index in [9.17, 15) is 0 Å². The summed E-state index contributed by atoms with van der Waals surface area (Å²) in [4.78, 5) is 6.89. The number of nitriles is 1. The molecule has 1 heterocycles. The summed E-state index contributed by atoms with van der Waals surface area (Å²) in [6.07, 6.45) is 0. The van der Waals surface area contributed by atoms with Crippen LogP contribution in [0.15, 0.2) is 47.5 Å². The van der Waals surface area contributed by atoms with Crippen LogP contribution >= 0.6 is 35.0 Å². The normalized spacial score (nSPS) is 15.9. The Morgan fingerprint density at radius 1 is 1.17 bits per heavy atom. The predicted molar refractivity (Wildman–Crippen MR) is 97.6 cm³/mol. The first-order valence-corrected chi connectivity index (χ1v) is 8.80. The molecule has 2 aromatic rings. The van der Waals surface area contributed by atoms with E-state index in [1.54, 1.807) is 30.0 Å². The quantitative estimate of drug-likeness (QED) is 0.762. The van der Waals surface area contributed by atoms with Gasteiger partial charge in [-0.3, -0.25) is 0 Å². The smallest absolute Gasteiger partial charge is 0.164 e. The van der Waals surface area contributed by atoms with Crippen LogP contribution < -0.4 is 0 Å². The van der Waals surface area contributed by atoms with Crippen molar-refractivity contribution in [3.05, 3.63) is 63.6 Å². The number of hydrogen-bond donors (Lipinski definition) is 0. The average molecular weight is 362 g/mol. The molecular weight excluding hydrogens is 349 g/mol. The Labute approximate surface area is 149 Å². The monoisotopic (exact) mass is 361 g/mol. The lowest BCUT2D eigenvalue weighted by Gasteiger charge is -2.18. The minimum Gasteiger partial charge on any atom is -0.346 e. The van der Waals surface area contributed by atoms with Gasteiger partial charge in [0.05, 0.1) is 22.3 Å². The lowest BCUT2D eigenvalue weighted by atomic mass is 10.2. The highest BCUT2D eigenvalue weighted by molar-refractivity contribution is 8.14. The van der Waals surface area contributed by atoms with Crippen molar-refractivity contribution < 1.29 is 0 Å². The largest absolute Gasteiger partial charge is 0.346 e. The second-order valence-electron chi connectivity index (χ2n) is 5.07. The molecule has 0 aliphatic carbocycles. The molecule has 6 heteroatoms. The third kappa shape index (κ3) is 4.00. The second kappa shape index (κ2) is 7.27. The van der Waals surface area contributed by atoms with E-state index in [0.29, 0.717) is 16.3 Å². The summed E-state index contributed by atoms with van der Waals surface area (Å²) in [5.41, 5.74) is 2.42. The first kappa shape index (κ1) is 16.2. The van der Waals surface area contributed by atoms with Gasteiger partial charge in [-0.25, -0.2) is 4.99 Å². The molecule has 0 unspecified atom stereocenters. The van der Waals surface area contributed by atoms with Crippen molar-refractivity contribution in [1.82, 2.24) is 4.90 Å². The number of amidine groups is 1. The summed E-state index contributed by atoms with van der Waals surface area (Å²) in [7, 11) is 0. The van der Waals surface area contributed by atoms with E-state index in [2.05, 4.69) is 16.0 Å². The minimum absolute atomic E-state index is 0.496. The molecule has 0 saturated carbocycles. The standard InChI is InChI=1S/C17H13Cl2N3S/c18-14-4-1-12(2-5-14)11-22-7-8-23-17(22)21-16-6-3-13(10-20)9-15(16)19/h1-6,9H,7-8,11H2/b21-17-. The fourth-order valence-corrected chi connectivity index (χ4v) is 3.61. The Bertz CT molecular complexity index is 781. The minimum atomic E-state index is 0.496. The maximum Gasteiger partial charge on any atom is 0.164 e. The lowest BCUT2D eigenvalue weighted by molar-refractivity contribution is 0.457. The molecule has 1 saturated heterocycles. The van der Waals surface area contributed by atoms with Crippen molar-refractivity contribution in [2.24, 2.45) is 4.99 Å². The van der Waals surface area contributed by atoms with Gasteiger partial charge in [-0.15, -0.1) is 0 Å². The van der Waals surface area contributed by atoms with Crippen LogP contribution in [0.1, 0.15) is 11.1 Å². The van der Waals surface area contributed by atoms with E-state index in [4.69, 9.17) is 28.5 Å². The summed E-state index contributed by atoms with van der Waals surface area (Å²) in [5, 5.41) is 11.1. The molecule has 0 radical (unpaired) electrons. The molecule has 3 rings (SSSR count). The fourth-order valence-electron chi connectivity index (χ4n) is 2.26. The molecule has 1 aliphatic rings. The van der Waals surface area contributed by atoms with Crippen LogP contribution in [0.4, 0.5) is 5.69 Å². The van der Waals surface area contributed by atoms with Gasteiger partial charge in [-0.05, 0) is 35.9 Å². The number of hydrogen-bond acceptors (Lipinski definition) is 3. The van der Waals surface area contributed by atoms with Gasteiger partial charge in [0.25, 0.3) is 0 Å². The Morgan fingerprint density at radius 2 is 1.96 bits per heavy atom. The Balaban J connectivity index is 1.81. The Hall–Kier alpha value is -1.67. The highest BCUT2D eigenvalue weighted by Crippen LogP contribution is 2.30. The van der Waals surface area contributed by atoms with Crippen LogP contribution in [-0.2, 0) is 6.54 Å². The molecule has 1 fully saturated rings. The number of nitrogens with zero attached hydrogens (tertiary/aromatic N) is 3. The zero-order valence-electron chi connectivity index (χ0n) is 12.2. The summed E-state index contributed by atoms with van der Waals surface area (Å²) >= 11 is 13.9. The number of aliphatic imine (C=N–C) groups is 1. The van der Waals surface area contributed by atoms with Gasteiger partial charge in [0.1, 0.15) is 0 Å². The lowest BCUT2D eigenvalue weighted by Crippen LogP contribution is -2.23. The van der Waals surface area contributed by atoms with E-state index < -0.39 is 0 Å². The molecule has 0 spiro atoms. The van der Waals surface area contributed by atoms with Crippen LogP contribution in [0.2, 0.25) is 10.0 Å².